The lowest BCUT2D eigenvalue weighted by Crippen LogP contribution is -2.24. The highest BCUT2D eigenvalue weighted by Crippen LogP contribution is 2.20. The average molecular weight is 441 g/mol. The Labute approximate surface area is 188 Å². The fraction of sp³-hybridized carbons (Fsp3) is 0.0800. The van der Waals surface area contributed by atoms with Crippen LogP contribution in [0.15, 0.2) is 94.9 Å². The SMILES string of the molecule is CSc1cccc(NC(=O)c2ccc(Cn3c(=O)c4cccn4c4cccnc43)cc2)c1. The molecule has 5 rings (SSSR count). The normalized spacial score (nSPS) is 11.2. The smallest absolute Gasteiger partial charge is 0.276 e. The van der Waals surface area contributed by atoms with Gasteiger partial charge in [-0.1, -0.05) is 18.2 Å². The molecule has 0 unspecified atom stereocenters. The Morgan fingerprint density at radius 2 is 1.81 bits per heavy atom. The van der Waals surface area contributed by atoms with Crippen molar-refractivity contribution in [2.75, 3.05) is 11.6 Å². The summed E-state index contributed by atoms with van der Waals surface area (Å²) < 4.78 is 3.54. The van der Waals surface area contributed by atoms with Gasteiger partial charge >= 0.3 is 0 Å². The molecule has 6 nitrogen and oxygen atoms in total. The molecule has 32 heavy (non-hydrogen) atoms. The van der Waals surface area contributed by atoms with Crippen LogP contribution in [0.4, 0.5) is 5.69 Å². The predicted molar refractivity (Wildman–Crippen MR) is 129 cm³/mol. The van der Waals surface area contributed by atoms with Gasteiger partial charge in [-0.2, -0.15) is 0 Å². The van der Waals surface area contributed by atoms with E-state index in [0.29, 0.717) is 23.3 Å². The molecule has 1 amide bonds. The molecule has 0 saturated heterocycles. The maximum absolute atomic E-state index is 13.1. The van der Waals surface area contributed by atoms with Gasteiger partial charge in [0.25, 0.3) is 11.5 Å². The van der Waals surface area contributed by atoms with E-state index in [-0.39, 0.29) is 11.5 Å². The lowest BCUT2D eigenvalue weighted by atomic mass is 10.1. The largest absolute Gasteiger partial charge is 0.322 e. The molecule has 0 spiro atoms. The van der Waals surface area contributed by atoms with Gasteiger partial charge in [-0.25, -0.2) is 4.98 Å². The number of amides is 1. The van der Waals surface area contributed by atoms with Gasteiger partial charge in [-0.3, -0.25) is 14.2 Å². The summed E-state index contributed by atoms with van der Waals surface area (Å²) in [4.78, 5) is 31.3. The number of carbonyl (C=O) groups excluding carboxylic acids is 1. The Kier molecular flexibility index (Phi) is 5.25. The monoisotopic (exact) mass is 440 g/mol. The van der Waals surface area contributed by atoms with Crippen molar-refractivity contribution < 1.29 is 4.79 Å². The molecule has 0 aliphatic heterocycles. The molecule has 3 heterocycles. The van der Waals surface area contributed by atoms with E-state index in [2.05, 4.69) is 10.3 Å². The highest BCUT2D eigenvalue weighted by molar-refractivity contribution is 7.98. The first-order valence-corrected chi connectivity index (χ1v) is 11.4. The molecule has 0 aliphatic rings. The molecule has 3 aromatic heterocycles. The number of benzene rings is 2. The van der Waals surface area contributed by atoms with Gasteiger partial charge < -0.3 is 9.72 Å². The Morgan fingerprint density at radius 3 is 2.62 bits per heavy atom. The Morgan fingerprint density at radius 1 is 1.00 bits per heavy atom. The number of aromatic nitrogens is 3. The summed E-state index contributed by atoms with van der Waals surface area (Å²) in [5, 5.41) is 2.93. The number of hydrogen-bond acceptors (Lipinski definition) is 4. The van der Waals surface area contributed by atoms with Crippen LogP contribution in [0.3, 0.4) is 0 Å². The van der Waals surface area contributed by atoms with Crippen molar-refractivity contribution in [3.8, 4) is 0 Å². The summed E-state index contributed by atoms with van der Waals surface area (Å²) >= 11 is 1.63. The zero-order valence-electron chi connectivity index (χ0n) is 17.4. The van der Waals surface area contributed by atoms with Crippen molar-refractivity contribution in [2.45, 2.75) is 11.4 Å². The zero-order valence-corrected chi connectivity index (χ0v) is 18.2. The van der Waals surface area contributed by atoms with Crippen molar-refractivity contribution in [3.05, 3.63) is 107 Å². The third-order valence-electron chi connectivity index (χ3n) is 5.38. The predicted octanol–water partition coefficient (Wildman–Crippen LogP) is 4.67. The van der Waals surface area contributed by atoms with Crippen LogP contribution in [0, 0.1) is 0 Å². The number of anilines is 1. The minimum atomic E-state index is -0.173. The lowest BCUT2D eigenvalue weighted by Gasteiger charge is -2.12. The summed E-state index contributed by atoms with van der Waals surface area (Å²) in [5.41, 5.74) is 4.23. The molecule has 5 aromatic rings. The first-order valence-electron chi connectivity index (χ1n) is 10.1. The standard InChI is InChI=1S/C25H20N4O2S/c1-32-20-6-2-5-19(15-20)27-24(30)18-11-9-17(10-12-18)16-29-23-21(7-3-13-26-23)28-14-4-8-22(28)25(29)31/h2-15H,16H2,1H3,(H,27,30). The van der Waals surface area contributed by atoms with Crippen LogP contribution in [0.2, 0.25) is 0 Å². The number of rotatable bonds is 5. The van der Waals surface area contributed by atoms with Crippen molar-refractivity contribution in [1.29, 1.82) is 0 Å². The maximum atomic E-state index is 13.1. The highest BCUT2D eigenvalue weighted by atomic mass is 32.2. The molecule has 158 valence electrons. The van der Waals surface area contributed by atoms with Crippen LogP contribution >= 0.6 is 11.8 Å². The number of hydrogen-bond donors (Lipinski definition) is 1. The number of carbonyl (C=O) groups is 1. The van der Waals surface area contributed by atoms with E-state index >= 15 is 0 Å². The van der Waals surface area contributed by atoms with E-state index in [0.717, 1.165) is 21.7 Å². The van der Waals surface area contributed by atoms with Gasteiger partial charge in [0.15, 0.2) is 5.65 Å². The lowest BCUT2D eigenvalue weighted by molar-refractivity contribution is 0.102. The molecule has 0 aliphatic carbocycles. The van der Waals surface area contributed by atoms with Gasteiger partial charge in [0, 0.05) is 28.5 Å². The molecule has 0 radical (unpaired) electrons. The van der Waals surface area contributed by atoms with Gasteiger partial charge in [0.1, 0.15) is 5.52 Å². The highest BCUT2D eigenvalue weighted by Gasteiger charge is 2.12. The molecule has 2 aromatic carbocycles. The van der Waals surface area contributed by atoms with Crippen LogP contribution in [0.25, 0.3) is 16.7 Å². The fourth-order valence-corrected chi connectivity index (χ4v) is 4.24. The first kappa shape index (κ1) is 20.1. The van der Waals surface area contributed by atoms with E-state index in [9.17, 15) is 9.59 Å². The van der Waals surface area contributed by atoms with Crippen LogP contribution in [0.1, 0.15) is 15.9 Å². The van der Waals surface area contributed by atoms with Crippen LogP contribution in [-0.4, -0.2) is 26.1 Å². The molecule has 0 bridgehead atoms. The average Bonchev–Trinajstić information content (AvgIpc) is 3.33. The van der Waals surface area contributed by atoms with E-state index in [1.165, 1.54) is 0 Å². The summed E-state index contributed by atoms with van der Waals surface area (Å²) in [5.74, 6) is -0.173. The molecular formula is C25H20N4O2S. The van der Waals surface area contributed by atoms with Crippen molar-refractivity contribution >= 4 is 40.0 Å². The van der Waals surface area contributed by atoms with E-state index < -0.39 is 0 Å². The van der Waals surface area contributed by atoms with E-state index in [1.54, 1.807) is 34.7 Å². The summed E-state index contributed by atoms with van der Waals surface area (Å²) in [7, 11) is 0. The number of fused-ring (bicyclic) bond motifs is 3. The summed E-state index contributed by atoms with van der Waals surface area (Å²) in [6.07, 6.45) is 5.55. The minimum Gasteiger partial charge on any atom is -0.322 e. The second-order valence-electron chi connectivity index (χ2n) is 7.38. The molecule has 0 fully saturated rings. The maximum Gasteiger partial charge on any atom is 0.276 e. The zero-order chi connectivity index (χ0) is 22.1. The first-order chi connectivity index (χ1) is 15.6. The number of thioether (sulfide) groups is 1. The number of nitrogens with one attached hydrogen (secondary N) is 1. The van der Waals surface area contributed by atoms with Crippen LogP contribution in [0.5, 0.6) is 0 Å². The molecule has 0 atom stereocenters. The van der Waals surface area contributed by atoms with E-state index in [4.69, 9.17) is 0 Å². The van der Waals surface area contributed by atoms with Crippen molar-refractivity contribution in [2.24, 2.45) is 0 Å². The van der Waals surface area contributed by atoms with Gasteiger partial charge in [0.05, 0.1) is 12.1 Å². The van der Waals surface area contributed by atoms with Gasteiger partial charge in [-0.15, -0.1) is 11.8 Å². The summed E-state index contributed by atoms with van der Waals surface area (Å²) in [6.45, 7) is 0.367. The second-order valence-corrected chi connectivity index (χ2v) is 8.26. The van der Waals surface area contributed by atoms with Crippen LogP contribution in [-0.2, 0) is 6.54 Å². The van der Waals surface area contributed by atoms with Gasteiger partial charge in [-0.05, 0) is 66.4 Å². The van der Waals surface area contributed by atoms with Gasteiger partial charge in [0.2, 0.25) is 0 Å². The fourth-order valence-electron chi connectivity index (χ4n) is 3.78. The Hall–Kier alpha value is -3.84. The topological polar surface area (TPSA) is 68.4 Å². The number of nitrogens with zero attached hydrogens (tertiary/aromatic N) is 3. The number of pyridine rings is 1. The summed E-state index contributed by atoms with van der Waals surface area (Å²) in [6, 6.07) is 22.5. The third kappa shape index (κ3) is 3.67. The Bertz CT molecular complexity index is 1500. The molecule has 0 saturated carbocycles. The van der Waals surface area contributed by atoms with Crippen molar-refractivity contribution in [1.82, 2.24) is 14.0 Å². The minimum absolute atomic E-state index is 0.100. The molecular weight excluding hydrogens is 420 g/mol. The van der Waals surface area contributed by atoms with E-state index in [1.807, 2.05) is 77.5 Å². The molecule has 1 N–H and O–H groups in total. The molecule has 7 heteroatoms. The van der Waals surface area contributed by atoms with Crippen LogP contribution < -0.4 is 10.9 Å². The third-order valence-corrected chi connectivity index (χ3v) is 6.10. The second kappa shape index (κ2) is 8.36. The quantitative estimate of drug-likeness (QED) is 0.403. The Balaban J connectivity index is 1.42. The van der Waals surface area contributed by atoms with Crippen molar-refractivity contribution in [3.63, 3.8) is 0 Å².